The number of rotatable bonds is 7. The molecule has 122 valence electrons. The van der Waals surface area contributed by atoms with Gasteiger partial charge in [0, 0.05) is 6.42 Å². The first kappa shape index (κ1) is 16.1. The molecular weight excluding hydrogens is 292 g/mol. The molecule has 1 aliphatic heterocycles. The summed E-state index contributed by atoms with van der Waals surface area (Å²) in [5, 5.41) is 9.95. The van der Waals surface area contributed by atoms with Gasteiger partial charge in [-0.05, 0) is 11.1 Å². The van der Waals surface area contributed by atoms with Crippen molar-refractivity contribution in [3.8, 4) is 0 Å². The number of benzene rings is 2. The van der Waals surface area contributed by atoms with Crippen LogP contribution >= 0.6 is 0 Å². The molecule has 1 saturated heterocycles. The van der Waals surface area contributed by atoms with Gasteiger partial charge >= 0.3 is 0 Å². The first-order valence-corrected chi connectivity index (χ1v) is 7.92. The highest BCUT2D eigenvalue weighted by atomic mass is 16.7. The van der Waals surface area contributed by atoms with E-state index in [0.29, 0.717) is 26.2 Å². The van der Waals surface area contributed by atoms with Gasteiger partial charge in [0.1, 0.15) is 6.10 Å². The Morgan fingerprint density at radius 3 is 2.17 bits per heavy atom. The number of hydrogen-bond donors (Lipinski definition) is 1. The van der Waals surface area contributed by atoms with Crippen molar-refractivity contribution in [3.05, 3.63) is 71.8 Å². The molecule has 23 heavy (non-hydrogen) atoms. The third kappa shape index (κ3) is 4.88. The maximum Gasteiger partial charge on any atom is 0.181 e. The Morgan fingerprint density at radius 1 is 0.913 bits per heavy atom. The van der Waals surface area contributed by atoms with E-state index in [-0.39, 0.29) is 12.2 Å². The number of aliphatic hydroxyl groups excluding tert-OH is 1. The molecule has 1 fully saturated rings. The summed E-state index contributed by atoms with van der Waals surface area (Å²) in [5.74, 6) is 0. The molecule has 0 spiro atoms. The fourth-order valence-electron chi connectivity index (χ4n) is 2.63. The highest BCUT2D eigenvalue weighted by molar-refractivity contribution is 5.14. The average molecular weight is 314 g/mol. The first-order chi connectivity index (χ1) is 11.3. The number of aliphatic hydroxyl groups is 1. The summed E-state index contributed by atoms with van der Waals surface area (Å²) in [7, 11) is 0. The lowest BCUT2D eigenvalue weighted by molar-refractivity contribution is -0.152. The number of hydrogen-bond acceptors (Lipinski definition) is 4. The molecule has 3 atom stereocenters. The minimum Gasteiger partial charge on any atom is -0.374 e. The van der Waals surface area contributed by atoms with Gasteiger partial charge in [0.25, 0.3) is 0 Å². The van der Waals surface area contributed by atoms with E-state index in [0.717, 1.165) is 11.1 Å². The predicted molar refractivity (Wildman–Crippen MR) is 86.6 cm³/mol. The van der Waals surface area contributed by atoms with Crippen molar-refractivity contribution in [1.29, 1.82) is 0 Å². The van der Waals surface area contributed by atoms with Crippen LogP contribution in [-0.4, -0.2) is 30.2 Å². The molecule has 2 aromatic carbocycles. The summed E-state index contributed by atoms with van der Waals surface area (Å²) < 4.78 is 16.9. The topological polar surface area (TPSA) is 47.9 Å². The van der Waals surface area contributed by atoms with Crippen LogP contribution in [0, 0.1) is 0 Å². The van der Waals surface area contributed by atoms with Crippen molar-refractivity contribution in [2.24, 2.45) is 0 Å². The van der Waals surface area contributed by atoms with Gasteiger partial charge in [0.05, 0.1) is 25.9 Å². The lowest BCUT2D eigenvalue weighted by Crippen LogP contribution is -2.23. The molecule has 0 aliphatic carbocycles. The Hall–Kier alpha value is -1.72. The SMILES string of the molecule is OC1OC(COCc2ccccc2)CC1OCc1ccccc1. The zero-order valence-corrected chi connectivity index (χ0v) is 13.0. The fourth-order valence-corrected chi connectivity index (χ4v) is 2.63. The molecule has 0 saturated carbocycles. The third-order valence-corrected chi connectivity index (χ3v) is 3.87. The highest BCUT2D eigenvalue weighted by Crippen LogP contribution is 2.23. The van der Waals surface area contributed by atoms with Gasteiger partial charge in [-0.1, -0.05) is 60.7 Å². The van der Waals surface area contributed by atoms with Crippen LogP contribution in [-0.2, 0) is 27.4 Å². The Morgan fingerprint density at radius 2 is 1.52 bits per heavy atom. The molecular formula is C19H22O4. The van der Waals surface area contributed by atoms with Crippen molar-refractivity contribution in [2.75, 3.05) is 6.61 Å². The molecule has 4 nitrogen and oxygen atoms in total. The van der Waals surface area contributed by atoms with E-state index < -0.39 is 6.29 Å². The van der Waals surface area contributed by atoms with E-state index in [1.807, 2.05) is 60.7 Å². The zero-order valence-electron chi connectivity index (χ0n) is 13.0. The molecule has 4 heteroatoms. The Balaban J connectivity index is 1.39. The van der Waals surface area contributed by atoms with E-state index in [2.05, 4.69) is 0 Å². The molecule has 1 N–H and O–H groups in total. The van der Waals surface area contributed by atoms with E-state index >= 15 is 0 Å². The van der Waals surface area contributed by atoms with Crippen LogP contribution in [0.4, 0.5) is 0 Å². The van der Waals surface area contributed by atoms with Crippen LogP contribution in [0.15, 0.2) is 60.7 Å². The summed E-state index contributed by atoms with van der Waals surface area (Å²) in [6, 6.07) is 19.9. The molecule has 3 rings (SSSR count). The normalized spacial score (nSPS) is 24.0. The maximum atomic E-state index is 9.95. The van der Waals surface area contributed by atoms with Crippen LogP contribution in [0.5, 0.6) is 0 Å². The predicted octanol–water partition coefficient (Wildman–Crippen LogP) is 2.90. The van der Waals surface area contributed by atoms with Gasteiger partial charge in [0.15, 0.2) is 6.29 Å². The van der Waals surface area contributed by atoms with Crippen molar-refractivity contribution >= 4 is 0 Å². The second kappa shape index (κ2) is 8.22. The van der Waals surface area contributed by atoms with Crippen LogP contribution in [0.25, 0.3) is 0 Å². The maximum absolute atomic E-state index is 9.95. The quantitative estimate of drug-likeness (QED) is 0.854. The van der Waals surface area contributed by atoms with Crippen LogP contribution < -0.4 is 0 Å². The summed E-state index contributed by atoms with van der Waals surface area (Å²) in [6.07, 6.45) is -0.679. The minimum atomic E-state index is -0.885. The van der Waals surface area contributed by atoms with Gasteiger partial charge < -0.3 is 19.3 Å². The van der Waals surface area contributed by atoms with Crippen molar-refractivity contribution < 1.29 is 19.3 Å². The Kier molecular flexibility index (Phi) is 5.77. The van der Waals surface area contributed by atoms with Gasteiger partial charge in [-0.3, -0.25) is 0 Å². The average Bonchev–Trinajstić information content (AvgIpc) is 2.95. The van der Waals surface area contributed by atoms with E-state index in [4.69, 9.17) is 14.2 Å². The molecule has 1 aliphatic rings. The molecule has 0 radical (unpaired) electrons. The van der Waals surface area contributed by atoms with Crippen LogP contribution in [0.1, 0.15) is 17.5 Å². The second-order valence-electron chi connectivity index (χ2n) is 5.72. The summed E-state index contributed by atoms with van der Waals surface area (Å²) in [5.41, 5.74) is 2.21. The lowest BCUT2D eigenvalue weighted by atomic mass is 10.2. The van der Waals surface area contributed by atoms with Crippen molar-refractivity contribution in [1.82, 2.24) is 0 Å². The summed E-state index contributed by atoms with van der Waals surface area (Å²) >= 11 is 0. The fraction of sp³-hybridized carbons (Fsp3) is 0.368. The van der Waals surface area contributed by atoms with E-state index in [1.54, 1.807) is 0 Å². The smallest absolute Gasteiger partial charge is 0.181 e. The molecule has 3 unspecified atom stereocenters. The first-order valence-electron chi connectivity index (χ1n) is 7.92. The molecule has 1 heterocycles. The third-order valence-electron chi connectivity index (χ3n) is 3.87. The zero-order chi connectivity index (χ0) is 15.9. The Bertz CT molecular complexity index is 572. The van der Waals surface area contributed by atoms with Crippen molar-refractivity contribution in [2.45, 2.75) is 38.1 Å². The van der Waals surface area contributed by atoms with E-state index in [1.165, 1.54) is 0 Å². The van der Waals surface area contributed by atoms with Crippen molar-refractivity contribution in [3.63, 3.8) is 0 Å². The highest BCUT2D eigenvalue weighted by Gasteiger charge is 2.34. The molecule has 0 aromatic heterocycles. The Labute approximate surface area is 136 Å². The standard InChI is InChI=1S/C19H22O4/c20-19-18(22-13-16-9-5-2-6-10-16)11-17(23-19)14-21-12-15-7-3-1-4-8-15/h1-10,17-20H,11-14H2. The lowest BCUT2D eigenvalue weighted by Gasteiger charge is -2.13. The second-order valence-corrected chi connectivity index (χ2v) is 5.72. The molecule has 2 aromatic rings. The minimum absolute atomic E-state index is 0.130. The van der Waals surface area contributed by atoms with Gasteiger partial charge in [-0.15, -0.1) is 0 Å². The monoisotopic (exact) mass is 314 g/mol. The summed E-state index contributed by atoms with van der Waals surface area (Å²) in [6.45, 7) is 1.48. The van der Waals surface area contributed by atoms with Gasteiger partial charge in [-0.2, -0.15) is 0 Å². The molecule has 0 amide bonds. The largest absolute Gasteiger partial charge is 0.374 e. The van der Waals surface area contributed by atoms with Crippen LogP contribution in [0.2, 0.25) is 0 Å². The van der Waals surface area contributed by atoms with Crippen LogP contribution in [0.3, 0.4) is 0 Å². The van der Waals surface area contributed by atoms with Gasteiger partial charge in [0.2, 0.25) is 0 Å². The number of ether oxygens (including phenoxy) is 3. The molecule has 0 bridgehead atoms. The van der Waals surface area contributed by atoms with E-state index in [9.17, 15) is 5.11 Å². The summed E-state index contributed by atoms with van der Waals surface area (Å²) in [4.78, 5) is 0. The van der Waals surface area contributed by atoms with Gasteiger partial charge in [-0.25, -0.2) is 0 Å².